The number of alkyl halides is 2. The number of nitrogens with zero attached hydrogens (tertiary/aromatic N) is 2. The Labute approximate surface area is 240 Å². The molecule has 0 spiro atoms. The molecule has 14 nitrogen and oxygen atoms in total. The third-order valence-corrected chi connectivity index (χ3v) is 5.04. The Balaban J connectivity index is 2.19. The van der Waals surface area contributed by atoms with Crippen LogP contribution in [0.4, 0.5) is 24.2 Å². The Morgan fingerprint density at radius 3 is 2.26 bits per heavy atom. The van der Waals surface area contributed by atoms with Crippen molar-refractivity contribution in [3.63, 3.8) is 0 Å². The second kappa shape index (κ2) is 13.3. The second-order valence-electron chi connectivity index (χ2n) is 11.3. The van der Waals surface area contributed by atoms with Crippen LogP contribution in [0, 0.1) is 0 Å². The first-order chi connectivity index (χ1) is 19.2. The van der Waals surface area contributed by atoms with Crippen LogP contribution in [0.3, 0.4) is 0 Å². The molecule has 1 saturated heterocycles. The van der Waals surface area contributed by atoms with E-state index >= 15 is 8.78 Å². The van der Waals surface area contributed by atoms with Crippen molar-refractivity contribution < 1.29 is 56.4 Å². The van der Waals surface area contributed by atoms with Crippen LogP contribution in [0.5, 0.6) is 0 Å². The lowest BCUT2D eigenvalue weighted by Gasteiger charge is -2.26. The molecule has 1 aliphatic heterocycles. The van der Waals surface area contributed by atoms with E-state index in [0.717, 1.165) is 10.8 Å². The Hall–Kier alpha value is -4.08. The van der Waals surface area contributed by atoms with E-state index in [9.17, 15) is 24.0 Å². The summed E-state index contributed by atoms with van der Waals surface area (Å²) in [5.41, 5.74) is -2.88. The average molecular weight is 604 g/mol. The lowest BCUT2D eigenvalue weighted by atomic mass is 10.1. The number of nitrogens with one attached hydrogen (secondary N) is 1. The minimum absolute atomic E-state index is 0.0219. The topological polar surface area (TPSA) is 171 Å². The summed E-state index contributed by atoms with van der Waals surface area (Å²) in [6.07, 6.45) is -7.27. The van der Waals surface area contributed by atoms with E-state index in [0.29, 0.717) is 0 Å². The molecule has 1 fully saturated rings. The first kappa shape index (κ1) is 34.1. The Bertz CT molecular complexity index is 1250. The zero-order chi connectivity index (χ0) is 32.0. The summed E-state index contributed by atoms with van der Waals surface area (Å²) in [6, 6.07) is 1.18. The smallest absolute Gasteiger partial charge is 0.460 e. The Kier molecular flexibility index (Phi) is 10.8. The second-order valence-corrected chi connectivity index (χ2v) is 11.3. The largest absolute Gasteiger partial charge is 0.509 e. The summed E-state index contributed by atoms with van der Waals surface area (Å²) in [5.74, 6) is -6.06. The molecule has 2 heterocycles. The van der Waals surface area contributed by atoms with E-state index in [1.165, 1.54) is 33.8 Å². The molecule has 0 saturated carbocycles. The maximum atomic E-state index is 15.5. The standard InChI is InChI=1S/C26H35F2N3O11/c1-14(2)20(33)38-13-18(32)37-12-15-19(40-23(36)42-25(6,7)8)26(27,28)16(39-15)11-31-10-9-17(29-21(31)34)30-22(35)41-24(3,4)5/h9-10,15-16,19H,1,11-13H2,2-8H3,(H,29,30,34,35). The number of aromatic nitrogens is 2. The van der Waals surface area contributed by atoms with Crippen molar-refractivity contribution in [3.8, 4) is 0 Å². The molecule has 0 bridgehead atoms. The predicted molar refractivity (Wildman–Crippen MR) is 140 cm³/mol. The highest BCUT2D eigenvalue weighted by Gasteiger charge is 2.62. The van der Waals surface area contributed by atoms with Gasteiger partial charge in [-0.2, -0.15) is 13.8 Å². The summed E-state index contributed by atoms with van der Waals surface area (Å²) in [6.45, 7) is 11.7. The van der Waals surface area contributed by atoms with E-state index in [-0.39, 0.29) is 11.4 Å². The fraction of sp³-hybridized carbons (Fsp3) is 0.615. The molecule has 0 aromatic carbocycles. The maximum absolute atomic E-state index is 15.5. The van der Waals surface area contributed by atoms with Crippen LogP contribution in [0.15, 0.2) is 29.2 Å². The number of carbonyl (C=O) groups excluding carboxylic acids is 4. The number of hydrogen-bond acceptors (Lipinski definition) is 12. The molecule has 42 heavy (non-hydrogen) atoms. The Morgan fingerprint density at radius 1 is 1.10 bits per heavy atom. The minimum atomic E-state index is -3.91. The number of anilines is 1. The molecule has 0 aliphatic carbocycles. The number of ether oxygens (including phenoxy) is 6. The maximum Gasteiger partial charge on any atom is 0.509 e. The van der Waals surface area contributed by atoms with Crippen molar-refractivity contribution in [3.05, 3.63) is 34.9 Å². The van der Waals surface area contributed by atoms with Crippen molar-refractivity contribution in [1.82, 2.24) is 9.55 Å². The van der Waals surface area contributed by atoms with E-state index in [1.807, 2.05) is 0 Å². The molecule has 16 heteroatoms. The molecular weight excluding hydrogens is 568 g/mol. The van der Waals surface area contributed by atoms with Crippen LogP contribution in [0.25, 0.3) is 0 Å². The first-order valence-electron chi connectivity index (χ1n) is 12.7. The average Bonchev–Trinajstić information content (AvgIpc) is 3.04. The number of amides is 1. The molecule has 1 N–H and O–H groups in total. The van der Waals surface area contributed by atoms with Crippen molar-refractivity contribution in [2.75, 3.05) is 18.5 Å². The highest BCUT2D eigenvalue weighted by Crippen LogP contribution is 2.39. The fourth-order valence-electron chi connectivity index (χ4n) is 3.32. The summed E-state index contributed by atoms with van der Waals surface area (Å²) in [4.78, 5) is 63.8. The van der Waals surface area contributed by atoms with Crippen LogP contribution in [-0.2, 0) is 44.6 Å². The number of rotatable bonds is 9. The van der Waals surface area contributed by atoms with E-state index < -0.39 is 85.1 Å². The molecule has 1 aromatic rings. The third kappa shape index (κ3) is 10.4. The van der Waals surface area contributed by atoms with Gasteiger partial charge in [0, 0.05) is 11.8 Å². The van der Waals surface area contributed by atoms with Gasteiger partial charge in [-0.1, -0.05) is 6.58 Å². The van der Waals surface area contributed by atoms with Crippen LogP contribution < -0.4 is 11.0 Å². The van der Waals surface area contributed by atoms with Gasteiger partial charge in [0.1, 0.15) is 35.8 Å². The van der Waals surface area contributed by atoms with E-state index in [2.05, 4.69) is 21.6 Å². The van der Waals surface area contributed by atoms with Crippen LogP contribution >= 0.6 is 0 Å². The van der Waals surface area contributed by atoms with Crippen LogP contribution in [0.1, 0.15) is 48.5 Å². The summed E-state index contributed by atoms with van der Waals surface area (Å²) >= 11 is 0. The highest BCUT2D eigenvalue weighted by molar-refractivity contribution is 5.88. The van der Waals surface area contributed by atoms with Gasteiger partial charge in [0.2, 0.25) is 6.10 Å². The van der Waals surface area contributed by atoms with Crippen LogP contribution in [0.2, 0.25) is 0 Å². The molecule has 1 aromatic heterocycles. The van der Waals surface area contributed by atoms with Gasteiger partial charge in [0.05, 0.1) is 6.54 Å². The lowest BCUT2D eigenvalue weighted by Crippen LogP contribution is -2.46. The number of carbonyl (C=O) groups is 4. The van der Waals surface area contributed by atoms with Gasteiger partial charge in [-0.15, -0.1) is 0 Å². The third-order valence-electron chi connectivity index (χ3n) is 5.04. The number of halogens is 2. The monoisotopic (exact) mass is 603 g/mol. The highest BCUT2D eigenvalue weighted by atomic mass is 19.3. The number of esters is 2. The molecule has 0 radical (unpaired) electrons. The van der Waals surface area contributed by atoms with Gasteiger partial charge in [0.25, 0.3) is 0 Å². The molecule has 3 atom stereocenters. The molecule has 3 unspecified atom stereocenters. The summed E-state index contributed by atoms with van der Waals surface area (Å²) < 4.78 is 61.7. The Morgan fingerprint density at radius 2 is 1.71 bits per heavy atom. The van der Waals surface area contributed by atoms with Gasteiger partial charge in [0.15, 0.2) is 6.61 Å². The normalized spacial score (nSPS) is 19.8. The van der Waals surface area contributed by atoms with Gasteiger partial charge in [-0.25, -0.2) is 24.0 Å². The fourth-order valence-corrected chi connectivity index (χ4v) is 3.32. The summed E-state index contributed by atoms with van der Waals surface area (Å²) in [7, 11) is 0. The van der Waals surface area contributed by atoms with Crippen molar-refractivity contribution in [1.29, 1.82) is 0 Å². The first-order valence-corrected chi connectivity index (χ1v) is 12.7. The number of hydrogen-bond donors (Lipinski definition) is 1. The molecule has 2 rings (SSSR count). The molecular formula is C26H35F2N3O11. The lowest BCUT2D eigenvalue weighted by molar-refractivity contribution is -0.161. The van der Waals surface area contributed by atoms with Crippen molar-refractivity contribution in [2.24, 2.45) is 0 Å². The van der Waals surface area contributed by atoms with Gasteiger partial charge in [-0.3, -0.25) is 9.88 Å². The van der Waals surface area contributed by atoms with E-state index in [4.69, 9.17) is 23.7 Å². The van der Waals surface area contributed by atoms with Crippen molar-refractivity contribution in [2.45, 2.75) is 90.4 Å². The van der Waals surface area contributed by atoms with Crippen LogP contribution in [-0.4, -0.2) is 82.4 Å². The molecule has 234 valence electrons. The van der Waals surface area contributed by atoms with E-state index in [1.54, 1.807) is 20.8 Å². The predicted octanol–water partition coefficient (Wildman–Crippen LogP) is 2.98. The van der Waals surface area contributed by atoms with Crippen molar-refractivity contribution >= 4 is 30.0 Å². The summed E-state index contributed by atoms with van der Waals surface area (Å²) in [5, 5.41) is 2.26. The zero-order valence-corrected chi connectivity index (χ0v) is 24.4. The quantitative estimate of drug-likeness (QED) is 0.249. The zero-order valence-electron chi connectivity index (χ0n) is 24.4. The minimum Gasteiger partial charge on any atom is -0.460 e. The molecule has 1 amide bonds. The van der Waals surface area contributed by atoms with Gasteiger partial charge >= 0.3 is 35.8 Å². The van der Waals surface area contributed by atoms with Gasteiger partial charge < -0.3 is 28.4 Å². The SMILES string of the molecule is C=C(C)C(=O)OCC(=O)OCC1OC(Cn2ccc(NC(=O)OC(C)(C)C)nc2=O)C(F)(F)C1OC(=O)OC(C)(C)C. The van der Waals surface area contributed by atoms with Gasteiger partial charge in [-0.05, 0) is 54.5 Å². The molecule has 1 aliphatic rings.